The van der Waals surface area contributed by atoms with Crippen LogP contribution in [0.2, 0.25) is 0 Å². The Morgan fingerprint density at radius 1 is 1.22 bits per heavy atom. The highest BCUT2D eigenvalue weighted by Crippen LogP contribution is 2.12. The summed E-state index contributed by atoms with van der Waals surface area (Å²) in [6.07, 6.45) is 0. The lowest BCUT2D eigenvalue weighted by Crippen LogP contribution is -2.01. The average molecular weight is 239 g/mol. The van der Waals surface area contributed by atoms with Gasteiger partial charge in [-0.05, 0) is 29.8 Å². The molecule has 0 aliphatic heterocycles. The highest BCUT2D eigenvalue weighted by atomic mass is 16.5. The molecule has 4 nitrogen and oxygen atoms in total. The van der Waals surface area contributed by atoms with Gasteiger partial charge in [0.1, 0.15) is 23.3 Å². The van der Waals surface area contributed by atoms with Gasteiger partial charge in [-0.25, -0.2) is 4.98 Å². The van der Waals surface area contributed by atoms with Crippen molar-refractivity contribution in [3.05, 3.63) is 53.7 Å². The molecule has 4 heteroatoms. The zero-order valence-electron chi connectivity index (χ0n) is 10.1. The number of nitrogens with one attached hydrogen (secondary N) is 1. The summed E-state index contributed by atoms with van der Waals surface area (Å²) in [5.41, 5.74) is 1.54. The van der Waals surface area contributed by atoms with Crippen LogP contribution in [0.3, 0.4) is 0 Å². The lowest BCUT2D eigenvalue weighted by atomic mass is 10.2. The first-order chi connectivity index (χ1) is 8.81. The number of benzene rings is 1. The Morgan fingerprint density at radius 3 is 2.67 bits per heavy atom. The lowest BCUT2D eigenvalue weighted by Gasteiger charge is -2.06. The van der Waals surface area contributed by atoms with Crippen molar-refractivity contribution in [3.63, 3.8) is 0 Å². The molecule has 0 saturated heterocycles. The van der Waals surface area contributed by atoms with Gasteiger partial charge >= 0.3 is 0 Å². The molecule has 0 radical (unpaired) electrons. The molecule has 0 spiro atoms. The minimum Gasteiger partial charge on any atom is -0.497 e. The quantitative estimate of drug-likeness (QED) is 0.890. The first-order valence-electron chi connectivity index (χ1n) is 5.56. The molecule has 1 aromatic carbocycles. The third-order valence-electron chi connectivity index (χ3n) is 2.50. The number of hydrogen-bond donors (Lipinski definition) is 1. The fourth-order valence-corrected chi connectivity index (χ4v) is 1.53. The number of nitrogens with zero attached hydrogens (tertiary/aromatic N) is 2. The van der Waals surface area contributed by atoms with Gasteiger partial charge < -0.3 is 10.1 Å². The van der Waals surface area contributed by atoms with Crippen LogP contribution in [0.25, 0.3) is 0 Å². The van der Waals surface area contributed by atoms with Crippen molar-refractivity contribution in [2.75, 3.05) is 12.4 Å². The van der Waals surface area contributed by atoms with Crippen LogP contribution in [0.4, 0.5) is 5.82 Å². The predicted molar refractivity (Wildman–Crippen MR) is 69.3 cm³/mol. The minimum atomic E-state index is 0.412. The molecule has 1 N–H and O–H groups in total. The second-order valence-electron chi connectivity index (χ2n) is 3.72. The Bertz CT molecular complexity index is 558. The van der Waals surface area contributed by atoms with E-state index >= 15 is 0 Å². The van der Waals surface area contributed by atoms with Crippen molar-refractivity contribution in [2.24, 2.45) is 0 Å². The molecule has 0 aliphatic carbocycles. The maximum absolute atomic E-state index is 8.75. The number of ether oxygens (including phenoxy) is 1. The average Bonchev–Trinajstić information content (AvgIpc) is 2.46. The molecule has 90 valence electrons. The van der Waals surface area contributed by atoms with E-state index in [1.165, 1.54) is 0 Å². The molecule has 0 aliphatic rings. The van der Waals surface area contributed by atoms with E-state index < -0.39 is 0 Å². The number of pyridine rings is 1. The van der Waals surface area contributed by atoms with Crippen LogP contribution in [0.1, 0.15) is 11.3 Å². The highest BCUT2D eigenvalue weighted by Gasteiger charge is 1.98. The van der Waals surface area contributed by atoms with Crippen molar-refractivity contribution in [2.45, 2.75) is 6.54 Å². The van der Waals surface area contributed by atoms with Crippen LogP contribution in [0, 0.1) is 11.3 Å². The SMILES string of the molecule is COc1ccc(CNc2cccc(C#N)n2)cc1. The number of methoxy groups -OCH3 is 1. The van der Waals surface area contributed by atoms with Gasteiger partial charge in [-0.15, -0.1) is 0 Å². The van der Waals surface area contributed by atoms with Crippen molar-refractivity contribution >= 4 is 5.82 Å². The summed E-state index contributed by atoms with van der Waals surface area (Å²) in [4.78, 5) is 4.14. The highest BCUT2D eigenvalue weighted by molar-refractivity contribution is 5.39. The monoisotopic (exact) mass is 239 g/mol. The first-order valence-corrected chi connectivity index (χ1v) is 5.56. The fourth-order valence-electron chi connectivity index (χ4n) is 1.53. The molecular formula is C14H13N3O. The third-order valence-corrected chi connectivity index (χ3v) is 2.50. The molecular weight excluding hydrogens is 226 g/mol. The number of aromatic nitrogens is 1. The summed E-state index contributed by atoms with van der Waals surface area (Å²) >= 11 is 0. The van der Waals surface area contributed by atoms with Crippen LogP contribution in [0.15, 0.2) is 42.5 Å². The van der Waals surface area contributed by atoms with Gasteiger partial charge in [-0.3, -0.25) is 0 Å². The van der Waals surface area contributed by atoms with E-state index in [0.29, 0.717) is 18.1 Å². The molecule has 2 aromatic rings. The van der Waals surface area contributed by atoms with E-state index in [4.69, 9.17) is 10.00 Å². The second-order valence-corrected chi connectivity index (χ2v) is 3.72. The first kappa shape index (κ1) is 11.9. The largest absolute Gasteiger partial charge is 0.497 e. The molecule has 2 rings (SSSR count). The Balaban J connectivity index is 2.00. The fraction of sp³-hybridized carbons (Fsp3) is 0.143. The van der Waals surface area contributed by atoms with E-state index in [1.807, 2.05) is 42.5 Å². The summed E-state index contributed by atoms with van der Waals surface area (Å²) in [5, 5.41) is 11.9. The molecule has 0 saturated carbocycles. The van der Waals surface area contributed by atoms with E-state index in [0.717, 1.165) is 11.3 Å². The molecule has 0 bridgehead atoms. The summed E-state index contributed by atoms with van der Waals surface area (Å²) in [5.74, 6) is 1.54. The molecule has 0 fully saturated rings. The van der Waals surface area contributed by atoms with Crippen molar-refractivity contribution in [1.82, 2.24) is 4.98 Å². The lowest BCUT2D eigenvalue weighted by molar-refractivity contribution is 0.414. The number of anilines is 1. The zero-order valence-corrected chi connectivity index (χ0v) is 10.1. The molecule has 18 heavy (non-hydrogen) atoms. The van der Waals surface area contributed by atoms with E-state index in [2.05, 4.69) is 10.3 Å². The van der Waals surface area contributed by atoms with Crippen LogP contribution in [-0.4, -0.2) is 12.1 Å². The standard InChI is InChI=1S/C14H13N3O/c1-18-13-7-5-11(6-8-13)10-16-14-4-2-3-12(9-15)17-14/h2-8H,10H2,1H3,(H,16,17). The van der Waals surface area contributed by atoms with Crippen LogP contribution in [0.5, 0.6) is 5.75 Å². The molecule has 0 atom stereocenters. The number of nitriles is 1. The summed E-state index contributed by atoms with van der Waals surface area (Å²) in [7, 11) is 1.64. The molecule has 1 heterocycles. The van der Waals surface area contributed by atoms with E-state index in [9.17, 15) is 0 Å². The maximum Gasteiger partial charge on any atom is 0.142 e. The van der Waals surface area contributed by atoms with Gasteiger partial charge in [0.25, 0.3) is 0 Å². The smallest absolute Gasteiger partial charge is 0.142 e. The topological polar surface area (TPSA) is 57.9 Å². The summed E-state index contributed by atoms with van der Waals surface area (Å²) < 4.78 is 5.09. The molecule has 0 amide bonds. The summed E-state index contributed by atoms with van der Waals surface area (Å²) in [6.45, 7) is 0.659. The second kappa shape index (κ2) is 5.69. The van der Waals surface area contributed by atoms with Crippen molar-refractivity contribution < 1.29 is 4.74 Å². The zero-order chi connectivity index (χ0) is 12.8. The Labute approximate surface area is 106 Å². The van der Waals surface area contributed by atoms with Gasteiger partial charge in [-0.1, -0.05) is 18.2 Å². The Hall–Kier alpha value is -2.54. The minimum absolute atomic E-state index is 0.412. The molecule has 1 aromatic heterocycles. The normalized spacial score (nSPS) is 9.56. The predicted octanol–water partition coefficient (Wildman–Crippen LogP) is 2.57. The number of rotatable bonds is 4. The van der Waals surface area contributed by atoms with Gasteiger partial charge in [0, 0.05) is 6.54 Å². The molecule has 0 unspecified atom stereocenters. The maximum atomic E-state index is 8.75. The van der Waals surface area contributed by atoms with Gasteiger partial charge in [0.2, 0.25) is 0 Å². The van der Waals surface area contributed by atoms with Crippen LogP contribution >= 0.6 is 0 Å². The Morgan fingerprint density at radius 2 is 2.00 bits per heavy atom. The van der Waals surface area contributed by atoms with Crippen molar-refractivity contribution in [3.8, 4) is 11.8 Å². The third kappa shape index (κ3) is 2.98. The van der Waals surface area contributed by atoms with Gasteiger partial charge in [0.05, 0.1) is 7.11 Å². The van der Waals surface area contributed by atoms with Gasteiger partial charge in [0.15, 0.2) is 0 Å². The van der Waals surface area contributed by atoms with Crippen molar-refractivity contribution in [1.29, 1.82) is 5.26 Å². The van der Waals surface area contributed by atoms with Crippen LogP contribution < -0.4 is 10.1 Å². The van der Waals surface area contributed by atoms with E-state index in [1.54, 1.807) is 13.2 Å². The van der Waals surface area contributed by atoms with Crippen LogP contribution in [-0.2, 0) is 6.54 Å². The van der Waals surface area contributed by atoms with Gasteiger partial charge in [-0.2, -0.15) is 5.26 Å². The van der Waals surface area contributed by atoms with E-state index in [-0.39, 0.29) is 0 Å². The summed E-state index contributed by atoms with van der Waals surface area (Å²) in [6, 6.07) is 15.1. The Kier molecular flexibility index (Phi) is 3.77. The number of hydrogen-bond acceptors (Lipinski definition) is 4.